The van der Waals surface area contributed by atoms with Crippen molar-refractivity contribution in [1.29, 1.82) is 0 Å². The zero-order valence-corrected chi connectivity index (χ0v) is 12.0. The molecule has 1 N–H and O–H groups in total. The molecule has 1 aliphatic carbocycles. The van der Waals surface area contributed by atoms with Gasteiger partial charge in [0.1, 0.15) is 0 Å². The molecule has 3 nitrogen and oxygen atoms in total. The molecule has 0 aromatic heterocycles. The number of carbonyl (C=O) groups excluding carboxylic acids is 1. The lowest BCUT2D eigenvalue weighted by Gasteiger charge is -2.44. The van der Waals surface area contributed by atoms with Crippen molar-refractivity contribution >= 4 is 5.91 Å². The molecule has 1 amide bonds. The summed E-state index contributed by atoms with van der Waals surface area (Å²) in [6.45, 7) is 6.08. The fraction of sp³-hybridized carbons (Fsp3) is 0.933. The number of piperidine rings is 1. The van der Waals surface area contributed by atoms with Gasteiger partial charge in [-0.1, -0.05) is 26.7 Å². The van der Waals surface area contributed by atoms with Crippen molar-refractivity contribution in [3.8, 4) is 0 Å². The summed E-state index contributed by atoms with van der Waals surface area (Å²) in [6.07, 6.45) is 8.50. The largest absolute Gasteiger partial charge is 0.339 e. The van der Waals surface area contributed by atoms with Gasteiger partial charge >= 0.3 is 0 Å². The predicted molar refractivity (Wildman–Crippen MR) is 74.4 cm³/mol. The highest BCUT2D eigenvalue weighted by atomic mass is 16.2. The van der Waals surface area contributed by atoms with Gasteiger partial charge in [-0.15, -0.1) is 0 Å². The van der Waals surface area contributed by atoms with E-state index in [1.54, 1.807) is 0 Å². The zero-order chi connectivity index (χ0) is 13.0. The van der Waals surface area contributed by atoms with Crippen LogP contribution in [0.5, 0.6) is 0 Å². The highest BCUT2D eigenvalue weighted by Crippen LogP contribution is 2.35. The van der Waals surface area contributed by atoms with E-state index >= 15 is 0 Å². The summed E-state index contributed by atoms with van der Waals surface area (Å²) in [7, 11) is 0. The van der Waals surface area contributed by atoms with Gasteiger partial charge < -0.3 is 10.2 Å². The maximum atomic E-state index is 12.3. The van der Waals surface area contributed by atoms with Crippen LogP contribution in [0.4, 0.5) is 0 Å². The Bertz CT molecular complexity index is 276. The minimum Gasteiger partial charge on any atom is -0.339 e. The van der Waals surface area contributed by atoms with Gasteiger partial charge in [0.2, 0.25) is 5.91 Å². The Hall–Kier alpha value is -0.570. The third-order valence-electron chi connectivity index (χ3n) is 4.46. The first-order valence-corrected chi connectivity index (χ1v) is 7.71. The van der Waals surface area contributed by atoms with Crippen LogP contribution >= 0.6 is 0 Å². The molecule has 0 unspecified atom stereocenters. The van der Waals surface area contributed by atoms with Crippen LogP contribution < -0.4 is 5.32 Å². The van der Waals surface area contributed by atoms with Crippen molar-refractivity contribution < 1.29 is 4.79 Å². The van der Waals surface area contributed by atoms with Gasteiger partial charge in [-0.25, -0.2) is 0 Å². The van der Waals surface area contributed by atoms with Crippen molar-refractivity contribution in [2.75, 3.05) is 13.1 Å². The van der Waals surface area contributed by atoms with E-state index in [0.29, 0.717) is 24.4 Å². The first kappa shape index (κ1) is 13.9. The number of hydrogen-bond acceptors (Lipinski definition) is 2. The summed E-state index contributed by atoms with van der Waals surface area (Å²) in [5, 5.41) is 3.34. The molecule has 0 aromatic rings. The summed E-state index contributed by atoms with van der Waals surface area (Å²) < 4.78 is 0. The minimum absolute atomic E-state index is 0.375. The summed E-state index contributed by atoms with van der Waals surface area (Å²) in [6, 6.07) is 1.04. The lowest BCUT2D eigenvalue weighted by atomic mass is 9.78. The summed E-state index contributed by atoms with van der Waals surface area (Å²) in [5.41, 5.74) is 0. The second-order valence-corrected chi connectivity index (χ2v) is 6.20. The van der Waals surface area contributed by atoms with E-state index in [4.69, 9.17) is 0 Å². The van der Waals surface area contributed by atoms with E-state index in [1.165, 1.54) is 38.5 Å². The Balaban J connectivity index is 1.84. The summed E-state index contributed by atoms with van der Waals surface area (Å²) >= 11 is 0. The van der Waals surface area contributed by atoms with E-state index in [-0.39, 0.29) is 0 Å². The third kappa shape index (κ3) is 3.47. The molecule has 0 bridgehead atoms. The number of fused-ring (bicyclic) bond motifs is 1. The number of likely N-dealkylation sites (tertiary alicyclic amines) is 1. The number of nitrogens with one attached hydrogen (secondary N) is 1. The maximum Gasteiger partial charge on any atom is 0.224 e. The van der Waals surface area contributed by atoms with Gasteiger partial charge in [0.05, 0.1) is 0 Å². The molecule has 2 atom stereocenters. The number of nitrogens with zero attached hydrogens (tertiary/aromatic N) is 1. The van der Waals surface area contributed by atoms with Crippen LogP contribution in [-0.2, 0) is 4.79 Å². The molecule has 18 heavy (non-hydrogen) atoms. The monoisotopic (exact) mass is 252 g/mol. The molecule has 1 aliphatic heterocycles. The van der Waals surface area contributed by atoms with Crippen molar-refractivity contribution in [1.82, 2.24) is 10.2 Å². The van der Waals surface area contributed by atoms with Gasteiger partial charge in [0, 0.05) is 31.6 Å². The molecule has 1 saturated heterocycles. The van der Waals surface area contributed by atoms with Gasteiger partial charge in [-0.3, -0.25) is 4.79 Å². The van der Waals surface area contributed by atoms with Crippen LogP contribution in [-0.4, -0.2) is 36.0 Å². The van der Waals surface area contributed by atoms with E-state index in [1.807, 2.05) is 0 Å². The summed E-state index contributed by atoms with van der Waals surface area (Å²) in [4.78, 5) is 14.5. The Morgan fingerprint density at radius 3 is 2.72 bits per heavy atom. The lowest BCUT2D eigenvalue weighted by Crippen LogP contribution is -2.50. The van der Waals surface area contributed by atoms with Crippen LogP contribution in [0.15, 0.2) is 0 Å². The Labute approximate surface area is 111 Å². The second-order valence-electron chi connectivity index (χ2n) is 6.20. The lowest BCUT2D eigenvalue weighted by molar-refractivity contribution is -0.137. The highest BCUT2D eigenvalue weighted by molar-refractivity contribution is 5.76. The molecule has 0 spiro atoms. The Morgan fingerprint density at radius 2 is 1.94 bits per heavy atom. The van der Waals surface area contributed by atoms with Gasteiger partial charge in [0.25, 0.3) is 0 Å². The molecular formula is C15H28N2O. The molecule has 2 rings (SSSR count). The molecule has 2 aliphatic rings. The van der Waals surface area contributed by atoms with Crippen LogP contribution in [0.3, 0.4) is 0 Å². The van der Waals surface area contributed by atoms with Crippen molar-refractivity contribution in [3.05, 3.63) is 0 Å². The number of hydrogen-bond donors (Lipinski definition) is 1. The fourth-order valence-corrected chi connectivity index (χ4v) is 3.55. The predicted octanol–water partition coefficient (Wildman–Crippen LogP) is 2.56. The van der Waals surface area contributed by atoms with Crippen molar-refractivity contribution in [3.63, 3.8) is 0 Å². The molecule has 0 radical (unpaired) electrons. The van der Waals surface area contributed by atoms with E-state index in [2.05, 4.69) is 24.1 Å². The number of rotatable bonds is 4. The van der Waals surface area contributed by atoms with Gasteiger partial charge in [-0.2, -0.15) is 0 Å². The first-order chi connectivity index (χ1) is 8.68. The molecule has 0 aromatic carbocycles. The zero-order valence-electron chi connectivity index (χ0n) is 12.0. The smallest absolute Gasteiger partial charge is 0.224 e. The normalized spacial score (nSPS) is 28.3. The Morgan fingerprint density at radius 1 is 1.22 bits per heavy atom. The molecule has 3 heteroatoms. The molecule has 1 heterocycles. The SMILES string of the molecule is CC(C)NCCC(=O)N1CCC[C@H]2CCCC[C@H]21. The number of amides is 1. The van der Waals surface area contributed by atoms with E-state index in [9.17, 15) is 4.79 Å². The quantitative estimate of drug-likeness (QED) is 0.834. The van der Waals surface area contributed by atoms with Crippen molar-refractivity contribution in [2.24, 2.45) is 5.92 Å². The minimum atomic E-state index is 0.375. The van der Waals surface area contributed by atoms with Crippen LogP contribution in [0, 0.1) is 5.92 Å². The maximum absolute atomic E-state index is 12.3. The molecule has 1 saturated carbocycles. The standard InChI is InChI=1S/C15H28N2O/c1-12(2)16-10-9-15(18)17-11-5-7-13-6-3-4-8-14(13)17/h12-14,16H,3-11H2,1-2H3/t13-,14-/m1/s1. The Kier molecular flexibility index (Phi) is 5.04. The molecule has 2 fully saturated rings. The third-order valence-corrected chi connectivity index (χ3v) is 4.46. The van der Waals surface area contributed by atoms with Gasteiger partial charge in [0.15, 0.2) is 0 Å². The average molecular weight is 252 g/mol. The van der Waals surface area contributed by atoms with E-state index < -0.39 is 0 Å². The summed E-state index contributed by atoms with van der Waals surface area (Å²) in [5.74, 6) is 1.18. The van der Waals surface area contributed by atoms with Crippen LogP contribution in [0.1, 0.15) is 58.8 Å². The highest BCUT2D eigenvalue weighted by Gasteiger charge is 2.35. The topological polar surface area (TPSA) is 32.3 Å². The van der Waals surface area contributed by atoms with Crippen LogP contribution in [0.25, 0.3) is 0 Å². The average Bonchev–Trinajstić information content (AvgIpc) is 2.37. The fourth-order valence-electron chi connectivity index (χ4n) is 3.55. The molecular weight excluding hydrogens is 224 g/mol. The number of carbonyl (C=O) groups is 1. The van der Waals surface area contributed by atoms with Gasteiger partial charge in [-0.05, 0) is 31.6 Å². The van der Waals surface area contributed by atoms with Crippen LogP contribution in [0.2, 0.25) is 0 Å². The second kappa shape index (κ2) is 6.55. The first-order valence-electron chi connectivity index (χ1n) is 7.71. The molecule has 104 valence electrons. The van der Waals surface area contributed by atoms with Crippen molar-refractivity contribution in [2.45, 2.75) is 70.9 Å². The van der Waals surface area contributed by atoms with E-state index in [0.717, 1.165) is 19.0 Å².